The fourth-order valence-electron chi connectivity index (χ4n) is 1.63. The Labute approximate surface area is 86.0 Å². The molecule has 0 fully saturated rings. The largest absolute Gasteiger partial charge is 0.496 e. The molecule has 0 radical (unpaired) electrons. The maximum absolute atomic E-state index is 9.59. The van der Waals surface area contributed by atoms with E-state index in [9.17, 15) is 5.11 Å². The number of amidine groups is 1. The minimum atomic E-state index is -0.191. The van der Waals surface area contributed by atoms with Crippen molar-refractivity contribution in [1.29, 1.82) is 5.41 Å². The summed E-state index contributed by atoms with van der Waals surface area (Å²) in [6, 6.07) is 5.33. The second-order valence-corrected chi connectivity index (χ2v) is 3.15. The lowest BCUT2D eigenvalue weighted by Gasteiger charge is -2.03. The number of aromatic nitrogens is 1. The van der Waals surface area contributed by atoms with Crippen molar-refractivity contribution in [1.82, 2.24) is 4.98 Å². The van der Waals surface area contributed by atoms with Gasteiger partial charge in [-0.3, -0.25) is 5.41 Å². The van der Waals surface area contributed by atoms with Gasteiger partial charge in [0.05, 0.1) is 23.6 Å². The van der Waals surface area contributed by atoms with E-state index < -0.39 is 0 Å². The summed E-state index contributed by atoms with van der Waals surface area (Å²) in [6.45, 7) is 0. The molecule has 1 heterocycles. The Morgan fingerprint density at radius 3 is 2.87 bits per heavy atom. The highest BCUT2D eigenvalue weighted by atomic mass is 16.5. The zero-order valence-corrected chi connectivity index (χ0v) is 8.16. The van der Waals surface area contributed by atoms with E-state index in [0.717, 1.165) is 0 Å². The number of nitrogens with two attached hydrogens (primary N) is 1. The molecule has 2 rings (SSSR count). The first-order valence-electron chi connectivity index (χ1n) is 4.37. The van der Waals surface area contributed by atoms with Crippen molar-refractivity contribution >= 4 is 16.7 Å². The van der Waals surface area contributed by atoms with Crippen LogP contribution in [0.4, 0.5) is 0 Å². The van der Waals surface area contributed by atoms with Crippen molar-refractivity contribution in [2.75, 3.05) is 7.11 Å². The first-order valence-corrected chi connectivity index (χ1v) is 4.37. The lowest BCUT2D eigenvalue weighted by Crippen LogP contribution is -2.10. The predicted octanol–water partition coefficient (Wildman–Crippen LogP) is 1.17. The fraction of sp³-hybridized carbons (Fsp3) is 0.100. The molecule has 78 valence electrons. The standard InChI is InChI=1S/C10H11N3O2/c1-15-6-4-2-3-5-7(6)8(9(11)12)10(14)13-5/h2-4,13-14H,1H3,(H3,11,12). The minimum absolute atomic E-state index is 0.109. The van der Waals surface area contributed by atoms with E-state index in [4.69, 9.17) is 15.9 Å². The Hall–Kier alpha value is -2.17. The van der Waals surface area contributed by atoms with Gasteiger partial charge in [-0.25, -0.2) is 0 Å². The molecule has 1 aromatic heterocycles. The number of methoxy groups -OCH3 is 1. The molecule has 0 atom stereocenters. The van der Waals surface area contributed by atoms with Crippen LogP contribution < -0.4 is 10.5 Å². The van der Waals surface area contributed by atoms with E-state index in [1.165, 1.54) is 7.11 Å². The van der Waals surface area contributed by atoms with Crippen LogP contribution in [0.2, 0.25) is 0 Å². The van der Waals surface area contributed by atoms with Crippen LogP contribution in [0.3, 0.4) is 0 Å². The zero-order chi connectivity index (χ0) is 11.0. The monoisotopic (exact) mass is 205 g/mol. The van der Waals surface area contributed by atoms with Gasteiger partial charge >= 0.3 is 0 Å². The Bertz CT molecular complexity index is 531. The van der Waals surface area contributed by atoms with E-state index in [-0.39, 0.29) is 17.3 Å². The summed E-state index contributed by atoms with van der Waals surface area (Å²) in [5, 5.41) is 17.6. The summed E-state index contributed by atoms with van der Waals surface area (Å²) in [5.74, 6) is 0.277. The normalized spacial score (nSPS) is 10.5. The molecule has 0 aliphatic rings. The van der Waals surface area contributed by atoms with Gasteiger partial charge in [-0.15, -0.1) is 0 Å². The molecule has 0 spiro atoms. The highest BCUT2D eigenvalue weighted by Crippen LogP contribution is 2.33. The van der Waals surface area contributed by atoms with Gasteiger partial charge in [0.2, 0.25) is 5.88 Å². The first-order chi connectivity index (χ1) is 7.15. The SMILES string of the molecule is COc1cccc2[nH]c(O)c(C(=N)N)c12. The summed E-state index contributed by atoms with van der Waals surface area (Å²) in [6.07, 6.45) is 0. The van der Waals surface area contributed by atoms with Crippen molar-refractivity contribution in [2.45, 2.75) is 0 Å². The molecule has 0 saturated heterocycles. The van der Waals surface area contributed by atoms with Crippen LogP contribution in [0.5, 0.6) is 11.6 Å². The van der Waals surface area contributed by atoms with Crippen molar-refractivity contribution in [2.24, 2.45) is 5.73 Å². The number of aromatic hydroxyl groups is 1. The molecule has 0 saturated carbocycles. The Kier molecular flexibility index (Phi) is 2.00. The van der Waals surface area contributed by atoms with Crippen LogP contribution in [0.25, 0.3) is 10.9 Å². The smallest absolute Gasteiger partial charge is 0.200 e. The molecule has 2 aromatic rings. The quantitative estimate of drug-likeness (QED) is 0.437. The van der Waals surface area contributed by atoms with Crippen molar-refractivity contribution in [3.63, 3.8) is 0 Å². The molecular formula is C10H11N3O2. The Balaban J connectivity index is 2.88. The molecule has 0 amide bonds. The summed E-state index contributed by atoms with van der Waals surface area (Å²) < 4.78 is 5.15. The number of aromatic amines is 1. The number of rotatable bonds is 2. The highest BCUT2D eigenvalue weighted by Gasteiger charge is 2.16. The van der Waals surface area contributed by atoms with Crippen LogP contribution in [0.15, 0.2) is 18.2 Å². The third kappa shape index (κ3) is 1.28. The molecule has 0 bridgehead atoms. The number of ether oxygens (including phenoxy) is 1. The molecular weight excluding hydrogens is 194 g/mol. The molecule has 0 unspecified atom stereocenters. The fourth-order valence-corrected chi connectivity index (χ4v) is 1.63. The number of hydrogen-bond acceptors (Lipinski definition) is 3. The number of nitrogen functional groups attached to an aromatic ring is 1. The van der Waals surface area contributed by atoms with Crippen LogP contribution in [0.1, 0.15) is 5.56 Å². The van der Waals surface area contributed by atoms with Crippen LogP contribution >= 0.6 is 0 Å². The van der Waals surface area contributed by atoms with E-state index in [2.05, 4.69) is 4.98 Å². The van der Waals surface area contributed by atoms with Crippen molar-refractivity contribution in [3.05, 3.63) is 23.8 Å². The van der Waals surface area contributed by atoms with Crippen molar-refractivity contribution in [3.8, 4) is 11.6 Å². The lowest BCUT2D eigenvalue weighted by molar-refractivity contribution is 0.419. The number of fused-ring (bicyclic) bond motifs is 1. The third-order valence-electron chi connectivity index (χ3n) is 2.26. The van der Waals surface area contributed by atoms with Crippen LogP contribution in [-0.2, 0) is 0 Å². The van der Waals surface area contributed by atoms with Gasteiger partial charge in [-0.1, -0.05) is 6.07 Å². The van der Waals surface area contributed by atoms with Gasteiger partial charge in [0, 0.05) is 0 Å². The summed E-state index contributed by atoms with van der Waals surface area (Å²) in [4.78, 5) is 2.74. The molecule has 5 N–H and O–H groups in total. The number of benzene rings is 1. The molecule has 0 aliphatic carbocycles. The van der Waals surface area contributed by atoms with Crippen LogP contribution in [0, 0.1) is 5.41 Å². The second-order valence-electron chi connectivity index (χ2n) is 3.15. The van der Waals surface area contributed by atoms with Gasteiger partial charge in [-0.2, -0.15) is 0 Å². The Morgan fingerprint density at radius 2 is 2.27 bits per heavy atom. The number of nitrogens with one attached hydrogen (secondary N) is 2. The molecule has 5 nitrogen and oxygen atoms in total. The van der Waals surface area contributed by atoms with Crippen molar-refractivity contribution < 1.29 is 9.84 Å². The van der Waals surface area contributed by atoms with Crippen LogP contribution in [-0.4, -0.2) is 23.0 Å². The lowest BCUT2D eigenvalue weighted by atomic mass is 10.1. The zero-order valence-electron chi connectivity index (χ0n) is 8.16. The molecule has 15 heavy (non-hydrogen) atoms. The predicted molar refractivity (Wildman–Crippen MR) is 57.5 cm³/mol. The van der Waals surface area contributed by atoms with E-state index in [1.54, 1.807) is 18.2 Å². The topological polar surface area (TPSA) is 95.1 Å². The second kappa shape index (κ2) is 3.20. The minimum Gasteiger partial charge on any atom is -0.496 e. The number of hydrogen-bond donors (Lipinski definition) is 4. The first kappa shape index (κ1) is 9.39. The van der Waals surface area contributed by atoms with E-state index in [1.807, 2.05) is 0 Å². The number of H-pyrrole nitrogens is 1. The average Bonchev–Trinajstić information content (AvgIpc) is 2.53. The maximum atomic E-state index is 9.59. The molecule has 0 aliphatic heterocycles. The summed E-state index contributed by atoms with van der Waals surface area (Å²) >= 11 is 0. The van der Waals surface area contributed by atoms with Gasteiger partial charge in [-0.05, 0) is 12.1 Å². The average molecular weight is 205 g/mol. The molecule has 5 heteroatoms. The van der Waals surface area contributed by atoms with E-state index in [0.29, 0.717) is 16.7 Å². The molecule has 1 aromatic carbocycles. The Morgan fingerprint density at radius 1 is 1.53 bits per heavy atom. The summed E-state index contributed by atoms with van der Waals surface area (Å²) in [5.41, 5.74) is 6.37. The van der Waals surface area contributed by atoms with Gasteiger partial charge in [0.15, 0.2) is 0 Å². The highest BCUT2D eigenvalue weighted by molar-refractivity contribution is 6.11. The van der Waals surface area contributed by atoms with E-state index >= 15 is 0 Å². The van der Waals surface area contributed by atoms with Gasteiger partial charge in [0.25, 0.3) is 0 Å². The maximum Gasteiger partial charge on any atom is 0.200 e. The van der Waals surface area contributed by atoms with Gasteiger partial charge in [0.1, 0.15) is 11.6 Å². The third-order valence-corrected chi connectivity index (χ3v) is 2.26. The van der Waals surface area contributed by atoms with Gasteiger partial charge < -0.3 is 20.6 Å². The summed E-state index contributed by atoms with van der Waals surface area (Å²) in [7, 11) is 1.53.